The predicted molar refractivity (Wildman–Crippen MR) is 106 cm³/mol. The highest BCUT2D eigenvalue weighted by molar-refractivity contribution is 7.17. The number of nitrogens with zero attached hydrogens (tertiary/aromatic N) is 2. The molecule has 3 aromatic rings. The number of carbonyl (C=O) groups is 2. The zero-order valence-electron chi connectivity index (χ0n) is 15.2. The van der Waals surface area contributed by atoms with Gasteiger partial charge in [0.25, 0.3) is 5.56 Å². The first-order chi connectivity index (χ1) is 13.5. The second-order valence-electron chi connectivity index (χ2n) is 6.17. The van der Waals surface area contributed by atoms with E-state index in [1.54, 1.807) is 17.5 Å². The lowest BCUT2D eigenvalue weighted by molar-refractivity contribution is -0.120. The minimum atomic E-state index is -0.615. The Morgan fingerprint density at radius 3 is 2.71 bits per heavy atom. The van der Waals surface area contributed by atoms with Gasteiger partial charge < -0.3 is 5.32 Å². The Labute approximate surface area is 164 Å². The van der Waals surface area contributed by atoms with Crippen LogP contribution in [0.4, 0.5) is 9.18 Å². The maximum absolute atomic E-state index is 13.2. The number of urea groups is 1. The van der Waals surface area contributed by atoms with E-state index in [9.17, 15) is 18.8 Å². The quantitative estimate of drug-likeness (QED) is 0.620. The molecule has 0 spiro atoms. The lowest BCUT2D eigenvalue weighted by atomic mass is 10.1. The molecule has 0 bridgehead atoms. The van der Waals surface area contributed by atoms with Crippen molar-refractivity contribution < 1.29 is 14.0 Å². The van der Waals surface area contributed by atoms with Crippen molar-refractivity contribution in [1.82, 2.24) is 20.2 Å². The van der Waals surface area contributed by atoms with Crippen LogP contribution in [0, 0.1) is 5.82 Å². The van der Waals surface area contributed by atoms with E-state index in [1.807, 2.05) is 6.92 Å². The molecule has 7 nitrogen and oxygen atoms in total. The Balaban J connectivity index is 1.81. The summed E-state index contributed by atoms with van der Waals surface area (Å²) in [5.74, 6) is -0.983. The summed E-state index contributed by atoms with van der Waals surface area (Å²) >= 11 is 1.29. The molecule has 2 aromatic heterocycles. The molecule has 0 atom stereocenters. The van der Waals surface area contributed by atoms with E-state index in [-0.39, 0.29) is 12.4 Å². The summed E-state index contributed by atoms with van der Waals surface area (Å²) in [6, 6.07) is 5.21. The molecule has 2 heterocycles. The van der Waals surface area contributed by atoms with Gasteiger partial charge in [-0.05, 0) is 24.1 Å². The normalized spacial score (nSPS) is 10.8. The van der Waals surface area contributed by atoms with Gasteiger partial charge in [0.2, 0.25) is 5.91 Å². The predicted octanol–water partition coefficient (Wildman–Crippen LogP) is 2.89. The number of benzene rings is 1. The van der Waals surface area contributed by atoms with E-state index in [4.69, 9.17) is 0 Å². The van der Waals surface area contributed by atoms with Crippen LogP contribution in [0.2, 0.25) is 0 Å². The van der Waals surface area contributed by atoms with Crippen molar-refractivity contribution in [2.24, 2.45) is 0 Å². The van der Waals surface area contributed by atoms with E-state index in [0.717, 1.165) is 17.4 Å². The first-order valence-electron chi connectivity index (χ1n) is 8.80. The Morgan fingerprint density at radius 1 is 1.25 bits per heavy atom. The van der Waals surface area contributed by atoms with Crippen LogP contribution in [0.15, 0.2) is 40.8 Å². The number of thiophene rings is 1. The maximum atomic E-state index is 13.2. The molecule has 0 aliphatic carbocycles. The largest absolute Gasteiger partial charge is 0.338 e. The topological polar surface area (TPSA) is 93.1 Å². The highest BCUT2D eigenvalue weighted by Crippen LogP contribution is 2.30. The van der Waals surface area contributed by atoms with Gasteiger partial charge in [0.1, 0.15) is 17.2 Å². The second-order valence-corrected chi connectivity index (χ2v) is 7.03. The summed E-state index contributed by atoms with van der Waals surface area (Å²) in [5.41, 5.74) is 0.917. The Bertz CT molecular complexity index is 1060. The number of imide groups is 1. The van der Waals surface area contributed by atoms with Gasteiger partial charge in [-0.1, -0.05) is 25.5 Å². The van der Waals surface area contributed by atoms with E-state index < -0.39 is 17.5 Å². The molecule has 0 unspecified atom stereocenters. The van der Waals surface area contributed by atoms with E-state index in [1.165, 1.54) is 29.8 Å². The number of amides is 3. The van der Waals surface area contributed by atoms with Crippen LogP contribution >= 0.6 is 11.3 Å². The lowest BCUT2D eigenvalue weighted by Gasteiger charge is -2.08. The highest BCUT2D eigenvalue weighted by Gasteiger charge is 2.15. The fourth-order valence-electron chi connectivity index (χ4n) is 2.67. The van der Waals surface area contributed by atoms with Crippen LogP contribution in [0.5, 0.6) is 0 Å². The third-order valence-electron chi connectivity index (χ3n) is 4.10. The molecule has 3 amide bonds. The van der Waals surface area contributed by atoms with Crippen molar-refractivity contribution in [3.8, 4) is 11.1 Å². The number of hydrogen-bond donors (Lipinski definition) is 2. The number of halogens is 1. The fraction of sp³-hybridized carbons (Fsp3) is 0.263. The number of rotatable bonds is 6. The zero-order valence-corrected chi connectivity index (χ0v) is 16.0. The second kappa shape index (κ2) is 8.75. The first kappa shape index (κ1) is 19.7. The van der Waals surface area contributed by atoms with Gasteiger partial charge >= 0.3 is 6.03 Å². The van der Waals surface area contributed by atoms with Gasteiger partial charge in [0.05, 0.1) is 11.7 Å². The molecule has 3 rings (SSSR count). The molecule has 0 saturated heterocycles. The average molecular weight is 402 g/mol. The SMILES string of the molecule is CCCCNC(=O)NC(=O)Cn1cnc2scc(-c3ccc(F)cc3)c2c1=O. The molecule has 28 heavy (non-hydrogen) atoms. The van der Waals surface area contributed by atoms with Crippen LogP contribution < -0.4 is 16.2 Å². The lowest BCUT2D eigenvalue weighted by Crippen LogP contribution is -2.42. The minimum absolute atomic E-state index is 0.332. The molecule has 0 saturated carbocycles. The summed E-state index contributed by atoms with van der Waals surface area (Å²) in [6.45, 7) is 2.13. The standard InChI is InChI=1S/C19H19FN4O3S/c1-2-3-8-21-19(27)23-15(25)9-24-11-22-17-16(18(24)26)14(10-28-17)12-4-6-13(20)7-5-12/h4-7,10-11H,2-3,8-9H2,1H3,(H2,21,23,25,27). The summed E-state index contributed by atoms with van der Waals surface area (Å²) < 4.78 is 14.3. The van der Waals surface area contributed by atoms with Gasteiger partial charge in [0.15, 0.2) is 0 Å². The fourth-order valence-corrected chi connectivity index (χ4v) is 3.57. The van der Waals surface area contributed by atoms with Crippen LogP contribution in [-0.2, 0) is 11.3 Å². The Hall–Kier alpha value is -3.07. The zero-order chi connectivity index (χ0) is 20.1. The maximum Gasteiger partial charge on any atom is 0.321 e. The van der Waals surface area contributed by atoms with E-state index >= 15 is 0 Å². The Morgan fingerprint density at radius 2 is 2.00 bits per heavy atom. The number of aromatic nitrogens is 2. The molecule has 9 heteroatoms. The summed E-state index contributed by atoms with van der Waals surface area (Å²) in [6.07, 6.45) is 3.02. The number of hydrogen-bond acceptors (Lipinski definition) is 5. The van der Waals surface area contributed by atoms with Crippen molar-refractivity contribution >= 4 is 33.5 Å². The average Bonchev–Trinajstić information content (AvgIpc) is 3.10. The summed E-state index contributed by atoms with van der Waals surface area (Å²) in [5, 5.41) is 6.90. The number of unbranched alkanes of at least 4 members (excludes halogenated alkanes) is 1. The highest BCUT2D eigenvalue weighted by atomic mass is 32.1. The molecular weight excluding hydrogens is 383 g/mol. The van der Waals surface area contributed by atoms with Gasteiger partial charge in [-0.3, -0.25) is 19.5 Å². The van der Waals surface area contributed by atoms with Gasteiger partial charge in [-0.2, -0.15) is 0 Å². The van der Waals surface area contributed by atoms with E-state index in [0.29, 0.717) is 27.9 Å². The molecule has 0 radical (unpaired) electrons. The molecule has 0 aliphatic rings. The van der Waals surface area contributed by atoms with Crippen molar-refractivity contribution in [3.05, 3.63) is 52.1 Å². The van der Waals surface area contributed by atoms with Gasteiger partial charge in [0, 0.05) is 17.5 Å². The third-order valence-corrected chi connectivity index (χ3v) is 4.99. The van der Waals surface area contributed by atoms with Crippen molar-refractivity contribution in [1.29, 1.82) is 0 Å². The van der Waals surface area contributed by atoms with Crippen LogP contribution in [0.3, 0.4) is 0 Å². The smallest absolute Gasteiger partial charge is 0.321 e. The number of nitrogens with one attached hydrogen (secondary N) is 2. The molecule has 146 valence electrons. The first-order valence-corrected chi connectivity index (χ1v) is 9.67. The summed E-state index contributed by atoms with van der Waals surface area (Å²) in [7, 11) is 0. The molecule has 0 fully saturated rings. The Kier molecular flexibility index (Phi) is 6.15. The minimum Gasteiger partial charge on any atom is -0.338 e. The third kappa shape index (κ3) is 4.42. The molecule has 0 aliphatic heterocycles. The monoisotopic (exact) mass is 402 g/mol. The van der Waals surface area contributed by atoms with Crippen LogP contribution in [0.25, 0.3) is 21.3 Å². The van der Waals surface area contributed by atoms with Gasteiger partial charge in [-0.15, -0.1) is 11.3 Å². The molecule has 1 aromatic carbocycles. The van der Waals surface area contributed by atoms with Crippen LogP contribution in [-0.4, -0.2) is 28.0 Å². The molecule has 2 N–H and O–H groups in total. The molecular formula is C19H19FN4O3S. The summed E-state index contributed by atoms with van der Waals surface area (Å²) in [4.78, 5) is 41.4. The van der Waals surface area contributed by atoms with Crippen molar-refractivity contribution in [2.45, 2.75) is 26.3 Å². The number of fused-ring (bicyclic) bond motifs is 1. The van der Waals surface area contributed by atoms with Crippen molar-refractivity contribution in [2.75, 3.05) is 6.54 Å². The van der Waals surface area contributed by atoms with Crippen molar-refractivity contribution in [3.63, 3.8) is 0 Å². The van der Waals surface area contributed by atoms with E-state index in [2.05, 4.69) is 15.6 Å². The van der Waals surface area contributed by atoms with Crippen LogP contribution in [0.1, 0.15) is 19.8 Å². The number of carbonyl (C=O) groups excluding carboxylic acids is 2. The van der Waals surface area contributed by atoms with Gasteiger partial charge in [-0.25, -0.2) is 14.2 Å².